The zero-order valence-electron chi connectivity index (χ0n) is 15.9. The normalized spacial score (nSPS) is 23.4. The quantitative estimate of drug-likeness (QED) is 0.849. The van der Waals surface area contributed by atoms with Gasteiger partial charge in [-0.1, -0.05) is 0 Å². The van der Waals surface area contributed by atoms with Gasteiger partial charge in [0.25, 0.3) is 0 Å². The van der Waals surface area contributed by atoms with Crippen molar-refractivity contribution in [3.63, 3.8) is 0 Å². The molecule has 0 saturated carbocycles. The van der Waals surface area contributed by atoms with E-state index in [1.165, 1.54) is 24.1 Å². The third-order valence-electron chi connectivity index (χ3n) is 5.68. The van der Waals surface area contributed by atoms with Gasteiger partial charge in [-0.15, -0.1) is 0 Å². The molecule has 0 bridgehead atoms. The van der Waals surface area contributed by atoms with E-state index in [1.807, 2.05) is 19.0 Å². The second-order valence-corrected chi connectivity index (χ2v) is 7.80. The molecule has 0 radical (unpaired) electrons. The van der Waals surface area contributed by atoms with Crippen molar-refractivity contribution in [2.24, 2.45) is 5.41 Å². The molecule has 2 heterocycles. The molecule has 1 fully saturated rings. The van der Waals surface area contributed by atoms with Gasteiger partial charge in [0, 0.05) is 51.9 Å². The average Bonchev–Trinajstić information content (AvgIpc) is 2.65. The van der Waals surface area contributed by atoms with Gasteiger partial charge in [0.2, 0.25) is 5.95 Å². The zero-order valence-corrected chi connectivity index (χ0v) is 15.9. The van der Waals surface area contributed by atoms with E-state index in [9.17, 15) is 5.11 Å². The Morgan fingerprint density at radius 1 is 1.20 bits per heavy atom. The largest absolute Gasteiger partial charge is 0.396 e. The smallest absolute Gasteiger partial charge is 0.227 e. The number of aryl methyl sites for hydroxylation is 1. The number of hydrogen-bond donors (Lipinski definition) is 1. The first-order valence-electron chi connectivity index (χ1n) is 9.50. The third-order valence-corrected chi connectivity index (χ3v) is 5.68. The Morgan fingerprint density at radius 2 is 2.00 bits per heavy atom. The van der Waals surface area contributed by atoms with Crippen molar-refractivity contribution in [1.29, 1.82) is 0 Å². The molecule has 1 aromatic rings. The summed E-state index contributed by atoms with van der Waals surface area (Å²) in [6, 6.07) is 0. The summed E-state index contributed by atoms with van der Waals surface area (Å²) in [6.07, 6.45) is 7.58. The molecule has 3 rings (SSSR count). The van der Waals surface area contributed by atoms with Crippen molar-refractivity contribution < 1.29 is 9.84 Å². The van der Waals surface area contributed by atoms with E-state index in [0.29, 0.717) is 6.61 Å². The molecule has 1 N–H and O–H groups in total. The van der Waals surface area contributed by atoms with Gasteiger partial charge in [-0.3, -0.25) is 0 Å². The lowest BCUT2D eigenvalue weighted by Crippen LogP contribution is -2.47. The van der Waals surface area contributed by atoms with Gasteiger partial charge in [0.1, 0.15) is 5.82 Å². The Morgan fingerprint density at radius 3 is 2.72 bits per heavy atom. The second-order valence-electron chi connectivity index (χ2n) is 7.80. The topological polar surface area (TPSA) is 61.7 Å². The van der Waals surface area contributed by atoms with Crippen LogP contribution in [0, 0.1) is 5.41 Å². The Balaban J connectivity index is 1.93. The third kappa shape index (κ3) is 3.90. The second kappa shape index (κ2) is 7.87. The highest BCUT2D eigenvalue weighted by Crippen LogP contribution is 2.38. The first kappa shape index (κ1) is 18.4. The summed E-state index contributed by atoms with van der Waals surface area (Å²) in [6.45, 7) is 2.76. The zero-order chi connectivity index (χ0) is 17.9. The average molecular weight is 348 g/mol. The predicted octanol–water partition coefficient (Wildman–Crippen LogP) is 2.04. The summed E-state index contributed by atoms with van der Waals surface area (Å²) in [5.74, 6) is 1.90. The van der Waals surface area contributed by atoms with Crippen LogP contribution in [0.15, 0.2) is 0 Å². The number of aliphatic hydroxyl groups excluding tert-OH is 1. The van der Waals surface area contributed by atoms with Crippen molar-refractivity contribution in [3.8, 4) is 0 Å². The van der Waals surface area contributed by atoms with Crippen LogP contribution in [0.3, 0.4) is 0 Å². The van der Waals surface area contributed by atoms with E-state index in [-0.39, 0.29) is 12.0 Å². The van der Waals surface area contributed by atoms with E-state index in [2.05, 4.69) is 4.90 Å². The van der Waals surface area contributed by atoms with Crippen molar-refractivity contribution in [2.75, 3.05) is 57.3 Å². The number of aromatic nitrogens is 2. The van der Waals surface area contributed by atoms with Crippen LogP contribution >= 0.6 is 0 Å². The number of rotatable bonds is 6. The Hall–Kier alpha value is -1.40. The molecule has 6 nitrogen and oxygen atoms in total. The summed E-state index contributed by atoms with van der Waals surface area (Å²) in [5.41, 5.74) is 2.47. The van der Waals surface area contributed by atoms with Gasteiger partial charge in [0.15, 0.2) is 0 Å². The molecule has 2 aliphatic rings. The van der Waals surface area contributed by atoms with Crippen LogP contribution < -0.4 is 9.80 Å². The minimum atomic E-state index is -0.0843. The Bertz CT molecular complexity index is 593. The van der Waals surface area contributed by atoms with Gasteiger partial charge in [0.05, 0.1) is 12.3 Å². The molecule has 140 valence electrons. The summed E-state index contributed by atoms with van der Waals surface area (Å²) in [4.78, 5) is 14.1. The number of ether oxygens (including phenoxy) is 1. The van der Waals surface area contributed by atoms with Crippen LogP contribution in [0.5, 0.6) is 0 Å². The van der Waals surface area contributed by atoms with E-state index < -0.39 is 0 Å². The summed E-state index contributed by atoms with van der Waals surface area (Å²) in [7, 11) is 5.73. The number of hydrogen-bond acceptors (Lipinski definition) is 6. The van der Waals surface area contributed by atoms with E-state index in [1.54, 1.807) is 7.11 Å². The molecule has 1 saturated heterocycles. The summed E-state index contributed by atoms with van der Waals surface area (Å²) in [5, 5.41) is 10.1. The molecule has 6 heteroatoms. The number of methoxy groups -OCH3 is 1. The molecule has 1 aliphatic carbocycles. The molecule has 0 spiro atoms. The number of fused-ring (bicyclic) bond motifs is 1. The fourth-order valence-corrected chi connectivity index (χ4v) is 4.14. The van der Waals surface area contributed by atoms with Crippen LogP contribution in [-0.2, 0) is 17.6 Å². The maximum atomic E-state index is 10.1. The molecule has 1 aliphatic heterocycles. The van der Waals surface area contributed by atoms with Gasteiger partial charge >= 0.3 is 0 Å². The van der Waals surface area contributed by atoms with E-state index in [4.69, 9.17) is 14.7 Å². The number of nitrogens with zero attached hydrogens (tertiary/aromatic N) is 4. The molecule has 1 aromatic heterocycles. The summed E-state index contributed by atoms with van der Waals surface area (Å²) < 4.78 is 5.29. The molecular weight excluding hydrogens is 316 g/mol. The van der Waals surface area contributed by atoms with E-state index in [0.717, 1.165) is 57.0 Å². The van der Waals surface area contributed by atoms with Gasteiger partial charge in [-0.05, 0) is 44.9 Å². The van der Waals surface area contributed by atoms with Crippen LogP contribution in [0.1, 0.15) is 43.4 Å². The van der Waals surface area contributed by atoms with Crippen LogP contribution in [0.25, 0.3) is 0 Å². The standard InChI is InChI=1S/C19H32N4O2/c1-22(2)18-20-16-8-5-4-7-15(16)17(21-18)23-11-6-9-19(13-23,14-24)10-12-25-3/h24H,4-14H2,1-3H3/t19-/m0/s1. The Labute approximate surface area is 151 Å². The van der Waals surface area contributed by atoms with Crippen molar-refractivity contribution in [2.45, 2.75) is 44.9 Å². The fraction of sp³-hybridized carbons (Fsp3) is 0.789. The first-order chi connectivity index (χ1) is 12.1. The highest BCUT2D eigenvalue weighted by Gasteiger charge is 2.36. The number of aliphatic hydroxyl groups is 1. The molecule has 25 heavy (non-hydrogen) atoms. The SMILES string of the molecule is COCC[C@@]1(CO)CCCN(c2nc(N(C)C)nc3c2CCCC3)C1. The summed E-state index contributed by atoms with van der Waals surface area (Å²) >= 11 is 0. The monoisotopic (exact) mass is 348 g/mol. The van der Waals surface area contributed by atoms with Crippen LogP contribution in [0.2, 0.25) is 0 Å². The lowest BCUT2D eigenvalue weighted by molar-refractivity contribution is 0.0624. The molecule has 0 unspecified atom stereocenters. The van der Waals surface area contributed by atoms with Crippen LogP contribution in [-0.4, -0.2) is 62.6 Å². The minimum absolute atomic E-state index is 0.0843. The predicted molar refractivity (Wildman–Crippen MR) is 100 cm³/mol. The lowest BCUT2D eigenvalue weighted by Gasteiger charge is -2.43. The lowest BCUT2D eigenvalue weighted by atomic mass is 9.78. The highest BCUT2D eigenvalue weighted by molar-refractivity contribution is 5.54. The number of anilines is 2. The van der Waals surface area contributed by atoms with Crippen LogP contribution in [0.4, 0.5) is 11.8 Å². The van der Waals surface area contributed by atoms with Crippen molar-refractivity contribution in [3.05, 3.63) is 11.3 Å². The van der Waals surface area contributed by atoms with Gasteiger partial charge < -0.3 is 19.6 Å². The maximum absolute atomic E-state index is 10.1. The maximum Gasteiger partial charge on any atom is 0.227 e. The molecule has 0 amide bonds. The minimum Gasteiger partial charge on any atom is -0.396 e. The molecule has 0 aromatic carbocycles. The Kier molecular flexibility index (Phi) is 5.79. The fourth-order valence-electron chi connectivity index (χ4n) is 4.14. The van der Waals surface area contributed by atoms with Crippen molar-refractivity contribution >= 4 is 11.8 Å². The molecular formula is C19H32N4O2. The van der Waals surface area contributed by atoms with Gasteiger partial charge in [-0.2, -0.15) is 4.98 Å². The number of piperidine rings is 1. The van der Waals surface area contributed by atoms with E-state index >= 15 is 0 Å². The van der Waals surface area contributed by atoms with Crippen molar-refractivity contribution in [1.82, 2.24) is 9.97 Å². The highest BCUT2D eigenvalue weighted by atomic mass is 16.5. The molecule has 1 atom stereocenters. The van der Waals surface area contributed by atoms with Gasteiger partial charge in [-0.25, -0.2) is 4.98 Å². The first-order valence-corrected chi connectivity index (χ1v) is 9.50.